The Bertz CT molecular complexity index is 289. The van der Waals surface area contributed by atoms with Gasteiger partial charge >= 0.3 is 5.97 Å². The molecule has 2 heterocycles. The molecule has 0 aromatic carbocycles. The van der Waals surface area contributed by atoms with Crippen LogP contribution < -0.4 is 10.6 Å². The van der Waals surface area contributed by atoms with Crippen LogP contribution in [0.15, 0.2) is 0 Å². The number of carbonyl (C=O) groups excluding carboxylic acids is 2. The molecule has 0 unspecified atom stereocenters. The van der Waals surface area contributed by atoms with Gasteiger partial charge in [0.25, 0.3) is 0 Å². The van der Waals surface area contributed by atoms with E-state index in [1.807, 2.05) is 0 Å². The number of ether oxygens (including phenoxy) is 2. The lowest BCUT2D eigenvalue weighted by Crippen LogP contribution is -2.53. The molecule has 0 aromatic heterocycles. The van der Waals surface area contributed by atoms with Crippen molar-refractivity contribution in [3.05, 3.63) is 0 Å². The van der Waals surface area contributed by atoms with Crippen molar-refractivity contribution < 1.29 is 19.1 Å². The van der Waals surface area contributed by atoms with E-state index in [0.717, 1.165) is 19.4 Å². The van der Waals surface area contributed by atoms with Crippen LogP contribution >= 0.6 is 0 Å². The molecular weight excluding hydrogens is 224 g/mol. The van der Waals surface area contributed by atoms with Gasteiger partial charge in [-0.15, -0.1) is 0 Å². The second-order valence-corrected chi connectivity index (χ2v) is 4.32. The summed E-state index contributed by atoms with van der Waals surface area (Å²) in [6.07, 6.45) is 2.08. The third-order valence-corrected chi connectivity index (χ3v) is 2.96. The summed E-state index contributed by atoms with van der Waals surface area (Å²) in [6, 6.07) is -0.458. The summed E-state index contributed by atoms with van der Waals surface area (Å²) >= 11 is 0. The Labute approximate surface area is 100 Å². The Morgan fingerprint density at radius 2 is 2.35 bits per heavy atom. The zero-order valence-corrected chi connectivity index (χ0v) is 9.74. The van der Waals surface area contributed by atoms with Crippen LogP contribution in [0.3, 0.4) is 0 Å². The molecule has 2 N–H and O–H groups in total. The monoisotopic (exact) mass is 242 g/mol. The zero-order chi connectivity index (χ0) is 12.1. The Morgan fingerprint density at radius 1 is 1.47 bits per heavy atom. The topological polar surface area (TPSA) is 76.7 Å². The van der Waals surface area contributed by atoms with Crippen molar-refractivity contribution in [3.8, 4) is 0 Å². The molecule has 2 saturated heterocycles. The molecule has 2 atom stereocenters. The van der Waals surface area contributed by atoms with Gasteiger partial charge in [0.1, 0.15) is 6.61 Å². The van der Waals surface area contributed by atoms with Crippen LogP contribution in [-0.2, 0) is 19.1 Å². The number of hydrogen-bond donors (Lipinski definition) is 2. The molecule has 1 amide bonds. The number of nitrogens with one attached hydrogen (secondary N) is 2. The quantitative estimate of drug-likeness (QED) is 0.630. The first-order chi connectivity index (χ1) is 8.25. The highest BCUT2D eigenvalue weighted by Crippen LogP contribution is 2.12. The molecular formula is C11H18N2O4. The van der Waals surface area contributed by atoms with Gasteiger partial charge in [-0.25, -0.2) is 0 Å². The fourth-order valence-corrected chi connectivity index (χ4v) is 2.00. The van der Waals surface area contributed by atoms with Gasteiger partial charge in [-0.1, -0.05) is 0 Å². The first kappa shape index (κ1) is 12.3. The van der Waals surface area contributed by atoms with E-state index >= 15 is 0 Å². The number of hydrogen-bond acceptors (Lipinski definition) is 5. The van der Waals surface area contributed by atoms with E-state index in [2.05, 4.69) is 10.6 Å². The lowest BCUT2D eigenvalue weighted by Gasteiger charge is -2.22. The fourth-order valence-electron chi connectivity index (χ4n) is 2.00. The van der Waals surface area contributed by atoms with Gasteiger partial charge in [0, 0.05) is 19.7 Å². The van der Waals surface area contributed by atoms with E-state index in [-0.39, 0.29) is 24.4 Å². The maximum absolute atomic E-state index is 11.5. The minimum atomic E-state index is -0.458. The van der Waals surface area contributed by atoms with Crippen molar-refractivity contribution in [2.24, 2.45) is 0 Å². The predicted molar refractivity (Wildman–Crippen MR) is 59.4 cm³/mol. The smallest absolute Gasteiger partial charge is 0.308 e. The second-order valence-electron chi connectivity index (χ2n) is 4.32. The van der Waals surface area contributed by atoms with E-state index in [4.69, 9.17) is 9.47 Å². The summed E-state index contributed by atoms with van der Waals surface area (Å²) in [5.74, 6) is -0.486. The average Bonchev–Trinajstić information content (AvgIpc) is 2.82. The van der Waals surface area contributed by atoms with Crippen LogP contribution in [0.4, 0.5) is 0 Å². The number of piperazine rings is 1. The standard InChI is InChI=1S/C11H18N2O4/c14-10(17-7-8-2-1-5-16-8)6-9-11(15)13-4-3-12-9/h8-9,12H,1-7H2,(H,13,15)/t8-,9+/m0/s1. The Morgan fingerprint density at radius 3 is 3.06 bits per heavy atom. The maximum atomic E-state index is 11.5. The Balaban J connectivity index is 1.67. The van der Waals surface area contributed by atoms with Gasteiger partial charge in [0.15, 0.2) is 0 Å². The highest BCUT2D eigenvalue weighted by Gasteiger charge is 2.25. The molecule has 0 spiro atoms. The SMILES string of the molecule is O=C(C[C@H]1NCCNC1=O)OC[C@@H]1CCCO1. The van der Waals surface area contributed by atoms with Crippen molar-refractivity contribution in [1.29, 1.82) is 0 Å². The molecule has 2 aliphatic rings. The van der Waals surface area contributed by atoms with E-state index in [1.165, 1.54) is 0 Å². The first-order valence-electron chi connectivity index (χ1n) is 6.04. The van der Waals surface area contributed by atoms with Crippen LogP contribution in [0.5, 0.6) is 0 Å². The Hall–Kier alpha value is -1.14. The van der Waals surface area contributed by atoms with Gasteiger partial charge in [-0.05, 0) is 12.8 Å². The van der Waals surface area contributed by atoms with E-state index in [9.17, 15) is 9.59 Å². The zero-order valence-electron chi connectivity index (χ0n) is 9.74. The summed E-state index contributed by atoms with van der Waals surface area (Å²) in [7, 11) is 0. The molecule has 6 nitrogen and oxygen atoms in total. The molecule has 2 aliphatic heterocycles. The molecule has 0 bridgehead atoms. The minimum absolute atomic E-state index is 0.0343. The summed E-state index contributed by atoms with van der Waals surface area (Å²) < 4.78 is 10.4. The Kier molecular flexibility index (Phi) is 4.33. The van der Waals surface area contributed by atoms with Crippen LogP contribution in [0.25, 0.3) is 0 Å². The fraction of sp³-hybridized carbons (Fsp3) is 0.818. The normalized spacial score (nSPS) is 28.8. The summed E-state index contributed by atoms with van der Waals surface area (Å²) in [4.78, 5) is 22.9. The maximum Gasteiger partial charge on any atom is 0.308 e. The average molecular weight is 242 g/mol. The molecule has 6 heteroatoms. The number of rotatable bonds is 4. The third kappa shape index (κ3) is 3.67. The van der Waals surface area contributed by atoms with Crippen molar-refractivity contribution in [2.45, 2.75) is 31.4 Å². The number of esters is 1. The van der Waals surface area contributed by atoms with Crippen molar-refractivity contribution in [2.75, 3.05) is 26.3 Å². The van der Waals surface area contributed by atoms with Crippen molar-refractivity contribution in [3.63, 3.8) is 0 Å². The lowest BCUT2D eigenvalue weighted by molar-refractivity contribution is -0.149. The largest absolute Gasteiger partial charge is 0.463 e. The van der Waals surface area contributed by atoms with E-state index in [1.54, 1.807) is 0 Å². The summed E-state index contributed by atoms with van der Waals surface area (Å²) in [6.45, 7) is 2.34. The number of carbonyl (C=O) groups is 2. The predicted octanol–water partition coefficient (Wildman–Crippen LogP) is -0.813. The van der Waals surface area contributed by atoms with Crippen molar-refractivity contribution >= 4 is 11.9 Å². The molecule has 0 radical (unpaired) electrons. The van der Waals surface area contributed by atoms with Gasteiger partial charge in [0.2, 0.25) is 5.91 Å². The highest BCUT2D eigenvalue weighted by molar-refractivity contribution is 5.87. The molecule has 0 aliphatic carbocycles. The molecule has 17 heavy (non-hydrogen) atoms. The van der Waals surface area contributed by atoms with Crippen LogP contribution in [0.2, 0.25) is 0 Å². The van der Waals surface area contributed by atoms with Crippen LogP contribution in [0, 0.1) is 0 Å². The molecule has 0 aromatic rings. The van der Waals surface area contributed by atoms with Gasteiger partial charge < -0.3 is 20.1 Å². The summed E-state index contributed by atoms with van der Waals surface area (Å²) in [5.41, 5.74) is 0. The molecule has 2 rings (SSSR count). The lowest BCUT2D eigenvalue weighted by atomic mass is 10.1. The molecule has 96 valence electrons. The van der Waals surface area contributed by atoms with Gasteiger partial charge in [-0.3, -0.25) is 9.59 Å². The van der Waals surface area contributed by atoms with Crippen molar-refractivity contribution in [1.82, 2.24) is 10.6 Å². The third-order valence-electron chi connectivity index (χ3n) is 2.96. The van der Waals surface area contributed by atoms with Crippen LogP contribution in [-0.4, -0.2) is 50.3 Å². The highest BCUT2D eigenvalue weighted by atomic mass is 16.6. The van der Waals surface area contributed by atoms with E-state index in [0.29, 0.717) is 19.7 Å². The van der Waals surface area contributed by atoms with Crippen LogP contribution in [0.1, 0.15) is 19.3 Å². The first-order valence-corrected chi connectivity index (χ1v) is 6.04. The van der Waals surface area contributed by atoms with Gasteiger partial charge in [-0.2, -0.15) is 0 Å². The van der Waals surface area contributed by atoms with E-state index < -0.39 is 6.04 Å². The minimum Gasteiger partial charge on any atom is -0.463 e. The molecule has 0 saturated carbocycles. The summed E-state index contributed by atoms with van der Waals surface area (Å²) in [5, 5.41) is 5.68. The molecule has 2 fully saturated rings. The second kappa shape index (κ2) is 5.97. The van der Waals surface area contributed by atoms with Gasteiger partial charge in [0.05, 0.1) is 18.6 Å². The number of amides is 1.